The zero-order chi connectivity index (χ0) is 22.4. The van der Waals surface area contributed by atoms with E-state index in [1.807, 2.05) is 27.7 Å². The molecule has 0 aliphatic heterocycles. The zero-order valence-corrected chi connectivity index (χ0v) is 18.6. The molecular formula is C21H37NO7. The van der Waals surface area contributed by atoms with E-state index in [4.69, 9.17) is 18.9 Å². The van der Waals surface area contributed by atoms with Crippen LogP contribution in [0, 0.1) is 17.8 Å². The van der Waals surface area contributed by atoms with Crippen molar-refractivity contribution in [1.29, 1.82) is 0 Å². The van der Waals surface area contributed by atoms with Crippen LogP contribution in [0.3, 0.4) is 0 Å². The summed E-state index contributed by atoms with van der Waals surface area (Å²) < 4.78 is 21.1. The normalized spacial score (nSPS) is 14.1. The van der Waals surface area contributed by atoms with Crippen molar-refractivity contribution in [3.8, 4) is 0 Å². The maximum atomic E-state index is 12.3. The first kappa shape index (κ1) is 26.9. The van der Waals surface area contributed by atoms with Crippen LogP contribution in [0.5, 0.6) is 0 Å². The summed E-state index contributed by atoms with van der Waals surface area (Å²) in [6, 6.07) is 0. The van der Waals surface area contributed by atoms with Crippen LogP contribution in [0.1, 0.15) is 48.0 Å². The number of carbonyl (C=O) groups excluding carboxylic acids is 3. The maximum Gasteiger partial charge on any atom is 0.407 e. The van der Waals surface area contributed by atoms with Crippen molar-refractivity contribution in [1.82, 2.24) is 5.32 Å². The molecule has 8 nitrogen and oxygen atoms in total. The molecule has 0 saturated heterocycles. The van der Waals surface area contributed by atoms with Crippen LogP contribution in [0.15, 0.2) is 12.7 Å². The van der Waals surface area contributed by atoms with Crippen LogP contribution >= 0.6 is 0 Å². The molecule has 3 unspecified atom stereocenters. The number of amides is 1. The van der Waals surface area contributed by atoms with Gasteiger partial charge in [0.15, 0.2) is 0 Å². The van der Waals surface area contributed by atoms with Gasteiger partial charge in [0, 0.05) is 12.0 Å². The summed E-state index contributed by atoms with van der Waals surface area (Å²) in [6.45, 7) is 15.4. The number of ether oxygens (including phenoxy) is 4. The molecule has 0 bridgehead atoms. The van der Waals surface area contributed by atoms with E-state index in [2.05, 4.69) is 25.7 Å². The quantitative estimate of drug-likeness (QED) is 0.201. The third kappa shape index (κ3) is 11.5. The largest absolute Gasteiger partial charge is 0.463 e. The molecule has 1 amide bonds. The molecule has 29 heavy (non-hydrogen) atoms. The second kappa shape index (κ2) is 14.8. The predicted octanol–water partition coefficient (Wildman–Crippen LogP) is 3.10. The number of nitrogens with one attached hydrogen (secondary N) is 1. The van der Waals surface area contributed by atoms with Crippen molar-refractivity contribution in [3.05, 3.63) is 12.7 Å². The van der Waals surface area contributed by atoms with Crippen molar-refractivity contribution in [2.24, 2.45) is 17.8 Å². The maximum absolute atomic E-state index is 12.3. The molecule has 3 atom stereocenters. The SMILES string of the molecule is C=CC(=O)OCCNC(=O)OCCOC(CC)C(C(C)C)C(C)C(=O)OC(C)C. The lowest BCUT2D eigenvalue weighted by Crippen LogP contribution is -2.38. The first-order valence-electron chi connectivity index (χ1n) is 10.2. The van der Waals surface area contributed by atoms with E-state index in [-0.39, 0.29) is 62.3 Å². The fourth-order valence-corrected chi connectivity index (χ4v) is 3.08. The Morgan fingerprint density at radius 3 is 2.17 bits per heavy atom. The van der Waals surface area contributed by atoms with Gasteiger partial charge in [0.2, 0.25) is 0 Å². The Kier molecular flexibility index (Phi) is 13.8. The molecule has 0 fully saturated rings. The third-order valence-electron chi connectivity index (χ3n) is 4.33. The molecule has 8 heteroatoms. The summed E-state index contributed by atoms with van der Waals surface area (Å²) in [7, 11) is 0. The van der Waals surface area contributed by atoms with Crippen LogP contribution < -0.4 is 5.32 Å². The lowest BCUT2D eigenvalue weighted by molar-refractivity contribution is -0.157. The van der Waals surface area contributed by atoms with Crippen LogP contribution in [-0.2, 0) is 28.5 Å². The van der Waals surface area contributed by atoms with Gasteiger partial charge in [-0.25, -0.2) is 9.59 Å². The summed E-state index contributed by atoms with van der Waals surface area (Å²) in [5, 5.41) is 2.47. The van der Waals surface area contributed by atoms with Crippen molar-refractivity contribution < 1.29 is 33.3 Å². The van der Waals surface area contributed by atoms with E-state index in [0.29, 0.717) is 0 Å². The van der Waals surface area contributed by atoms with Gasteiger partial charge in [-0.1, -0.05) is 34.3 Å². The zero-order valence-electron chi connectivity index (χ0n) is 18.6. The fourth-order valence-electron chi connectivity index (χ4n) is 3.08. The van der Waals surface area contributed by atoms with Gasteiger partial charge in [-0.15, -0.1) is 0 Å². The molecule has 0 aliphatic carbocycles. The van der Waals surface area contributed by atoms with Crippen LogP contribution in [0.2, 0.25) is 0 Å². The molecule has 1 N–H and O–H groups in total. The van der Waals surface area contributed by atoms with Gasteiger partial charge in [0.1, 0.15) is 13.2 Å². The lowest BCUT2D eigenvalue weighted by atomic mass is 9.79. The molecule has 0 heterocycles. The van der Waals surface area contributed by atoms with Crippen LogP contribution in [0.4, 0.5) is 4.79 Å². The van der Waals surface area contributed by atoms with Gasteiger partial charge in [0.05, 0.1) is 31.3 Å². The number of rotatable bonds is 14. The van der Waals surface area contributed by atoms with Gasteiger partial charge in [-0.3, -0.25) is 4.79 Å². The smallest absolute Gasteiger partial charge is 0.407 e. The number of carbonyl (C=O) groups is 3. The van der Waals surface area contributed by atoms with E-state index in [0.717, 1.165) is 12.5 Å². The van der Waals surface area contributed by atoms with Gasteiger partial charge in [-0.05, 0) is 26.2 Å². The molecule has 0 spiro atoms. The first-order valence-corrected chi connectivity index (χ1v) is 10.2. The van der Waals surface area contributed by atoms with Gasteiger partial charge in [0.25, 0.3) is 0 Å². The van der Waals surface area contributed by atoms with E-state index >= 15 is 0 Å². The third-order valence-corrected chi connectivity index (χ3v) is 4.33. The molecule has 0 radical (unpaired) electrons. The number of esters is 2. The monoisotopic (exact) mass is 415 g/mol. The molecule has 0 aromatic heterocycles. The molecule has 168 valence electrons. The summed E-state index contributed by atoms with van der Waals surface area (Å²) >= 11 is 0. The second-order valence-corrected chi connectivity index (χ2v) is 7.35. The first-order chi connectivity index (χ1) is 13.6. The van der Waals surface area contributed by atoms with Crippen molar-refractivity contribution in [2.75, 3.05) is 26.4 Å². The van der Waals surface area contributed by atoms with E-state index in [1.165, 1.54) is 0 Å². The standard InChI is InChI=1S/C21H37NO7/c1-8-17(19(14(3)4)16(7)20(24)29-15(5)6)26-12-13-28-21(25)22-10-11-27-18(23)9-2/h9,14-17,19H,2,8,10-13H2,1,3-7H3,(H,22,25). The lowest BCUT2D eigenvalue weighted by Gasteiger charge is -2.33. The van der Waals surface area contributed by atoms with Crippen molar-refractivity contribution in [2.45, 2.75) is 60.2 Å². The Balaban J connectivity index is 4.40. The van der Waals surface area contributed by atoms with Gasteiger partial charge >= 0.3 is 18.0 Å². The highest BCUT2D eigenvalue weighted by Crippen LogP contribution is 2.29. The Bertz CT molecular complexity index is 519. The summed E-state index contributed by atoms with van der Waals surface area (Å²) in [5.74, 6) is -0.875. The molecular weight excluding hydrogens is 378 g/mol. The number of hydrogen-bond donors (Lipinski definition) is 1. The molecule has 0 aromatic rings. The average Bonchev–Trinajstić information content (AvgIpc) is 2.65. The Morgan fingerprint density at radius 1 is 1.00 bits per heavy atom. The highest BCUT2D eigenvalue weighted by molar-refractivity contribution is 5.81. The summed E-state index contributed by atoms with van der Waals surface area (Å²) in [4.78, 5) is 34.8. The summed E-state index contributed by atoms with van der Waals surface area (Å²) in [5.41, 5.74) is 0. The van der Waals surface area contributed by atoms with Crippen LogP contribution in [-0.4, -0.2) is 56.6 Å². The average molecular weight is 416 g/mol. The second-order valence-electron chi connectivity index (χ2n) is 7.35. The highest BCUT2D eigenvalue weighted by Gasteiger charge is 2.34. The Labute approximate surface area is 174 Å². The molecule has 0 saturated carbocycles. The summed E-state index contributed by atoms with van der Waals surface area (Å²) in [6.07, 6.45) is 0.836. The fraction of sp³-hybridized carbons (Fsp3) is 0.762. The van der Waals surface area contributed by atoms with Crippen LogP contribution in [0.25, 0.3) is 0 Å². The highest BCUT2D eigenvalue weighted by atomic mass is 16.6. The Morgan fingerprint density at radius 2 is 1.66 bits per heavy atom. The number of alkyl carbamates (subject to hydrolysis) is 1. The minimum Gasteiger partial charge on any atom is -0.463 e. The molecule has 0 aliphatic rings. The molecule has 0 aromatic carbocycles. The van der Waals surface area contributed by atoms with E-state index in [1.54, 1.807) is 0 Å². The Hall–Kier alpha value is -2.09. The number of hydrogen-bond acceptors (Lipinski definition) is 7. The van der Waals surface area contributed by atoms with E-state index < -0.39 is 12.1 Å². The van der Waals surface area contributed by atoms with Gasteiger partial charge in [-0.2, -0.15) is 0 Å². The van der Waals surface area contributed by atoms with Gasteiger partial charge < -0.3 is 24.3 Å². The molecule has 0 rings (SSSR count). The van der Waals surface area contributed by atoms with Crippen molar-refractivity contribution in [3.63, 3.8) is 0 Å². The van der Waals surface area contributed by atoms with E-state index in [9.17, 15) is 14.4 Å². The topological polar surface area (TPSA) is 100 Å². The minimum absolute atomic E-state index is 0.0142. The predicted molar refractivity (Wildman–Crippen MR) is 109 cm³/mol. The van der Waals surface area contributed by atoms with Crippen molar-refractivity contribution >= 4 is 18.0 Å². The minimum atomic E-state index is -0.620.